The van der Waals surface area contributed by atoms with Gasteiger partial charge in [0.05, 0.1) is 0 Å². The van der Waals surface area contributed by atoms with Gasteiger partial charge < -0.3 is 15.5 Å². The zero-order valence-corrected chi connectivity index (χ0v) is 15.6. The molecule has 1 aliphatic heterocycles. The Labute approximate surface area is 164 Å². The highest BCUT2D eigenvalue weighted by molar-refractivity contribution is 5.73. The average Bonchev–Trinajstić information content (AvgIpc) is 2.77. The lowest BCUT2D eigenvalue weighted by molar-refractivity contribution is 0.240. The molecule has 142 valence electrons. The summed E-state index contributed by atoms with van der Waals surface area (Å²) in [4.78, 5) is 22.8. The van der Waals surface area contributed by atoms with E-state index in [1.165, 1.54) is 11.1 Å². The maximum Gasteiger partial charge on any atom is 0.315 e. The first-order chi connectivity index (χ1) is 13.8. The van der Waals surface area contributed by atoms with Crippen molar-refractivity contribution in [2.45, 2.75) is 26.1 Å². The number of carbonyl (C=O) groups excluding carboxylic acids is 1. The molecule has 3 heterocycles. The summed E-state index contributed by atoms with van der Waals surface area (Å²) in [6, 6.07) is 16.2. The molecule has 2 N–H and O–H groups in total. The van der Waals surface area contributed by atoms with Crippen molar-refractivity contribution >= 4 is 11.8 Å². The molecule has 1 aromatic carbocycles. The molecule has 2 amide bonds. The molecule has 0 radical (unpaired) electrons. The number of benzene rings is 1. The molecule has 0 fully saturated rings. The van der Waals surface area contributed by atoms with Gasteiger partial charge in [0.2, 0.25) is 0 Å². The summed E-state index contributed by atoms with van der Waals surface area (Å²) in [5, 5.41) is 5.70. The standard InChI is InChI=1S/C22H23N5O/c28-22(25-13-17-7-10-23-11-8-17)26-15-18-5-6-21(24-14-18)27-12-9-19-3-1-2-4-20(19)16-27/h1-8,10-11,14H,9,12-13,15-16H2,(H2,25,26,28). The number of anilines is 1. The van der Waals surface area contributed by atoms with Gasteiger partial charge in [-0.05, 0) is 46.9 Å². The van der Waals surface area contributed by atoms with Gasteiger partial charge in [-0.1, -0.05) is 30.3 Å². The Morgan fingerprint density at radius 3 is 2.43 bits per heavy atom. The fourth-order valence-electron chi connectivity index (χ4n) is 3.33. The van der Waals surface area contributed by atoms with Crippen LogP contribution in [0.2, 0.25) is 0 Å². The van der Waals surface area contributed by atoms with Crippen LogP contribution >= 0.6 is 0 Å². The number of rotatable bonds is 5. The molecule has 0 unspecified atom stereocenters. The molecule has 1 aliphatic rings. The van der Waals surface area contributed by atoms with Crippen molar-refractivity contribution in [1.82, 2.24) is 20.6 Å². The van der Waals surface area contributed by atoms with Crippen molar-refractivity contribution in [2.24, 2.45) is 0 Å². The lowest BCUT2D eigenvalue weighted by Gasteiger charge is -2.29. The van der Waals surface area contributed by atoms with E-state index in [9.17, 15) is 4.79 Å². The molecule has 0 saturated carbocycles. The number of amides is 2. The van der Waals surface area contributed by atoms with Crippen LogP contribution in [0.1, 0.15) is 22.3 Å². The number of nitrogens with one attached hydrogen (secondary N) is 2. The fourth-order valence-corrected chi connectivity index (χ4v) is 3.33. The molecule has 0 aliphatic carbocycles. The SMILES string of the molecule is O=C(NCc1ccncc1)NCc1ccc(N2CCc3ccccc3C2)nc1. The monoisotopic (exact) mass is 373 g/mol. The second-order valence-corrected chi connectivity index (χ2v) is 6.86. The smallest absolute Gasteiger partial charge is 0.315 e. The first-order valence-electron chi connectivity index (χ1n) is 9.45. The Morgan fingerprint density at radius 1 is 0.929 bits per heavy atom. The number of carbonyl (C=O) groups is 1. The summed E-state index contributed by atoms with van der Waals surface area (Å²) in [6.45, 7) is 2.78. The van der Waals surface area contributed by atoms with Crippen molar-refractivity contribution in [3.63, 3.8) is 0 Å². The minimum Gasteiger partial charge on any atom is -0.352 e. The average molecular weight is 373 g/mol. The van der Waals surface area contributed by atoms with Crippen LogP contribution in [0.15, 0.2) is 67.1 Å². The van der Waals surface area contributed by atoms with Crippen molar-refractivity contribution in [1.29, 1.82) is 0 Å². The number of aromatic nitrogens is 2. The van der Waals surface area contributed by atoms with Crippen LogP contribution in [-0.2, 0) is 26.1 Å². The van der Waals surface area contributed by atoms with E-state index in [1.54, 1.807) is 12.4 Å². The highest BCUT2D eigenvalue weighted by Crippen LogP contribution is 2.22. The molecule has 6 heteroatoms. The Kier molecular flexibility index (Phi) is 5.47. The second kappa shape index (κ2) is 8.52. The van der Waals surface area contributed by atoms with Crippen molar-refractivity contribution in [3.8, 4) is 0 Å². The maximum absolute atomic E-state index is 12.0. The molecule has 0 saturated heterocycles. The van der Waals surface area contributed by atoms with Gasteiger partial charge in [0.15, 0.2) is 0 Å². The van der Waals surface area contributed by atoms with Gasteiger partial charge in [-0.15, -0.1) is 0 Å². The second-order valence-electron chi connectivity index (χ2n) is 6.86. The van der Waals surface area contributed by atoms with E-state index < -0.39 is 0 Å². The minimum atomic E-state index is -0.200. The molecule has 0 bridgehead atoms. The van der Waals surface area contributed by atoms with E-state index in [-0.39, 0.29) is 6.03 Å². The van der Waals surface area contributed by atoms with Gasteiger partial charge >= 0.3 is 6.03 Å². The lowest BCUT2D eigenvalue weighted by atomic mass is 10.00. The number of urea groups is 1. The van der Waals surface area contributed by atoms with Crippen LogP contribution in [0.25, 0.3) is 0 Å². The minimum absolute atomic E-state index is 0.200. The fraction of sp³-hybridized carbons (Fsp3) is 0.227. The summed E-state index contributed by atoms with van der Waals surface area (Å²) in [6.07, 6.45) is 6.30. The van der Waals surface area contributed by atoms with Gasteiger partial charge in [0, 0.05) is 44.8 Å². The molecule has 28 heavy (non-hydrogen) atoms. The highest BCUT2D eigenvalue weighted by atomic mass is 16.2. The third kappa shape index (κ3) is 4.46. The van der Waals surface area contributed by atoms with Crippen LogP contribution < -0.4 is 15.5 Å². The summed E-state index contributed by atoms with van der Waals surface area (Å²) in [7, 11) is 0. The molecule has 4 rings (SSSR count). The zero-order valence-electron chi connectivity index (χ0n) is 15.6. The molecule has 0 atom stereocenters. The van der Waals surface area contributed by atoms with Gasteiger partial charge in [-0.3, -0.25) is 4.98 Å². The Hall–Kier alpha value is -3.41. The Bertz CT molecular complexity index is 927. The van der Waals surface area contributed by atoms with Gasteiger partial charge in [-0.25, -0.2) is 9.78 Å². The predicted octanol–water partition coefficient (Wildman–Crippen LogP) is 3.04. The van der Waals surface area contributed by atoms with Gasteiger partial charge in [0.25, 0.3) is 0 Å². The van der Waals surface area contributed by atoms with E-state index in [0.717, 1.165) is 36.5 Å². The molecule has 2 aromatic heterocycles. The third-order valence-corrected chi connectivity index (χ3v) is 4.92. The molecule has 0 spiro atoms. The van der Waals surface area contributed by atoms with Gasteiger partial charge in [-0.2, -0.15) is 0 Å². The number of hydrogen-bond acceptors (Lipinski definition) is 4. The normalized spacial score (nSPS) is 12.9. The van der Waals surface area contributed by atoms with E-state index >= 15 is 0 Å². The quantitative estimate of drug-likeness (QED) is 0.721. The summed E-state index contributed by atoms with van der Waals surface area (Å²) >= 11 is 0. The number of hydrogen-bond donors (Lipinski definition) is 2. The maximum atomic E-state index is 12.0. The van der Waals surface area contributed by atoms with Crippen molar-refractivity contribution in [2.75, 3.05) is 11.4 Å². The Balaban J connectivity index is 1.27. The van der Waals surface area contributed by atoms with E-state index in [0.29, 0.717) is 13.1 Å². The van der Waals surface area contributed by atoms with Crippen LogP contribution in [0.5, 0.6) is 0 Å². The summed E-state index contributed by atoms with van der Waals surface area (Å²) < 4.78 is 0. The predicted molar refractivity (Wildman–Crippen MR) is 109 cm³/mol. The van der Waals surface area contributed by atoms with E-state index in [2.05, 4.69) is 49.8 Å². The zero-order chi connectivity index (χ0) is 19.2. The van der Waals surface area contributed by atoms with Crippen LogP contribution in [0.3, 0.4) is 0 Å². The summed E-state index contributed by atoms with van der Waals surface area (Å²) in [5.41, 5.74) is 4.78. The largest absolute Gasteiger partial charge is 0.352 e. The van der Waals surface area contributed by atoms with E-state index in [4.69, 9.17) is 0 Å². The Morgan fingerprint density at radius 2 is 1.68 bits per heavy atom. The topological polar surface area (TPSA) is 70.2 Å². The molecular weight excluding hydrogens is 350 g/mol. The van der Waals surface area contributed by atoms with E-state index in [1.807, 2.05) is 30.5 Å². The van der Waals surface area contributed by atoms with Crippen LogP contribution in [0.4, 0.5) is 10.6 Å². The summed E-state index contributed by atoms with van der Waals surface area (Å²) in [5.74, 6) is 0.973. The molecule has 6 nitrogen and oxygen atoms in total. The number of nitrogens with zero attached hydrogens (tertiary/aromatic N) is 3. The number of pyridine rings is 2. The third-order valence-electron chi connectivity index (χ3n) is 4.92. The van der Waals surface area contributed by atoms with Crippen molar-refractivity contribution in [3.05, 3.63) is 89.4 Å². The van der Waals surface area contributed by atoms with Crippen LogP contribution in [0, 0.1) is 0 Å². The lowest BCUT2D eigenvalue weighted by Crippen LogP contribution is -2.34. The van der Waals surface area contributed by atoms with Gasteiger partial charge in [0.1, 0.15) is 5.82 Å². The highest BCUT2D eigenvalue weighted by Gasteiger charge is 2.16. The first kappa shape index (κ1) is 18.0. The van der Waals surface area contributed by atoms with Crippen LogP contribution in [-0.4, -0.2) is 22.5 Å². The number of fused-ring (bicyclic) bond motifs is 1. The molecular formula is C22H23N5O. The first-order valence-corrected chi connectivity index (χ1v) is 9.45. The molecule has 3 aromatic rings. The van der Waals surface area contributed by atoms with Crippen molar-refractivity contribution < 1.29 is 4.79 Å².